The highest BCUT2D eigenvalue weighted by Gasteiger charge is 2.27. The number of carboxylic acid groups (broad SMARTS) is 1. The van der Waals surface area contributed by atoms with Crippen molar-refractivity contribution in [1.29, 1.82) is 0 Å². The predicted octanol–water partition coefficient (Wildman–Crippen LogP) is 14.3. The molecule has 11 heteroatoms. The van der Waals surface area contributed by atoms with E-state index in [2.05, 4.69) is 38.2 Å². The van der Waals surface area contributed by atoms with Crippen LogP contribution in [-0.4, -0.2) is 60.5 Å². The van der Waals surface area contributed by atoms with Crippen molar-refractivity contribution in [2.75, 3.05) is 26.4 Å². The zero-order valence-electron chi connectivity index (χ0n) is 38.8. The Morgan fingerprint density at radius 2 is 0.917 bits per heavy atom. The zero-order valence-corrected chi connectivity index (χ0v) is 39.7. The molecule has 0 aliphatic heterocycles. The Morgan fingerprint density at radius 3 is 1.38 bits per heavy atom. The first-order chi connectivity index (χ1) is 29.2. The quantitative estimate of drug-likeness (QED) is 0.0233. The second-order valence-electron chi connectivity index (χ2n) is 17.0. The lowest BCUT2D eigenvalue weighted by Gasteiger charge is -2.20. The van der Waals surface area contributed by atoms with E-state index in [4.69, 9.17) is 29.4 Å². The molecule has 60 heavy (non-hydrogen) atoms. The number of nitrogens with two attached hydrogens (primary N) is 1. The molecule has 0 aromatic rings. The van der Waals surface area contributed by atoms with Crippen molar-refractivity contribution in [1.82, 2.24) is 0 Å². The molecule has 0 aliphatic carbocycles. The van der Waals surface area contributed by atoms with Crippen LogP contribution in [0.5, 0.6) is 0 Å². The number of allylic oxidation sites excluding steroid dienone is 4. The molecule has 0 rings (SSSR count). The molecule has 0 spiro atoms. The fourth-order valence-electron chi connectivity index (χ4n) is 7.11. The molecule has 0 radical (unpaired) electrons. The number of aliphatic carboxylic acids is 1. The first-order valence-electron chi connectivity index (χ1n) is 24.9. The van der Waals surface area contributed by atoms with Crippen LogP contribution in [0.4, 0.5) is 0 Å². The van der Waals surface area contributed by atoms with Gasteiger partial charge in [-0.15, -0.1) is 0 Å². The second kappa shape index (κ2) is 45.5. The Bertz CT molecular complexity index is 1060. The summed E-state index contributed by atoms with van der Waals surface area (Å²) >= 11 is 0. The standard InChI is InChI=1S/C49H94NO9P/c1-3-5-7-9-11-13-15-17-19-21-23-24-26-28-30-32-34-36-38-40-42-56-43-46(44-57-60(54,55)58-45-47(50)49(52)53)59-48(51)41-39-37-35-33-31-29-27-25-22-20-18-16-14-12-10-8-6-4-2/h11,13,17,19,46-47H,3-10,12,14-16,18,20-45,50H2,1-2H3,(H,52,53)(H,54,55)/b13-11-,19-17-. The topological polar surface area (TPSA) is 155 Å². The van der Waals surface area contributed by atoms with Gasteiger partial charge in [0, 0.05) is 13.0 Å². The van der Waals surface area contributed by atoms with Crippen LogP contribution in [0.1, 0.15) is 239 Å². The molecule has 0 saturated heterocycles. The molecule has 0 heterocycles. The van der Waals surface area contributed by atoms with Crippen LogP contribution in [0.3, 0.4) is 0 Å². The smallest absolute Gasteiger partial charge is 0.472 e. The van der Waals surface area contributed by atoms with E-state index in [0.29, 0.717) is 6.61 Å². The largest absolute Gasteiger partial charge is 0.480 e. The number of phosphoric ester groups is 1. The number of hydrogen-bond acceptors (Lipinski definition) is 8. The van der Waals surface area contributed by atoms with E-state index in [9.17, 15) is 19.0 Å². The number of ether oxygens (including phenoxy) is 2. The number of rotatable bonds is 48. The van der Waals surface area contributed by atoms with Crippen molar-refractivity contribution in [3.05, 3.63) is 24.3 Å². The Morgan fingerprint density at radius 1 is 0.533 bits per heavy atom. The third kappa shape index (κ3) is 44.5. The fourth-order valence-corrected chi connectivity index (χ4v) is 7.88. The van der Waals surface area contributed by atoms with Crippen LogP contribution in [0.15, 0.2) is 24.3 Å². The van der Waals surface area contributed by atoms with Gasteiger partial charge in [0.05, 0.1) is 19.8 Å². The molecule has 0 aliphatic rings. The average Bonchev–Trinajstić information content (AvgIpc) is 3.23. The van der Waals surface area contributed by atoms with Gasteiger partial charge in [0.2, 0.25) is 0 Å². The molecule has 3 unspecified atom stereocenters. The van der Waals surface area contributed by atoms with Crippen molar-refractivity contribution < 1.29 is 42.7 Å². The lowest BCUT2D eigenvalue weighted by molar-refractivity contribution is -0.154. The summed E-state index contributed by atoms with van der Waals surface area (Å²) < 4.78 is 33.5. The van der Waals surface area contributed by atoms with Gasteiger partial charge in [-0.3, -0.25) is 18.6 Å². The summed E-state index contributed by atoms with van der Waals surface area (Å²) in [7, 11) is -4.62. The predicted molar refractivity (Wildman–Crippen MR) is 249 cm³/mol. The molecule has 0 saturated carbocycles. The van der Waals surface area contributed by atoms with Crippen molar-refractivity contribution >= 4 is 19.8 Å². The fraction of sp³-hybridized carbons (Fsp3) is 0.878. The maximum absolute atomic E-state index is 12.7. The van der Waals surface area contributed by atoms with Crippen molar-refractivity contribution in [3.8, 4) is 0 Å². The first-order valence-corrected chi connectivity index (χ1v) is 26.4. The van der Waals surface area contributed by atoms with Crippen LogP contribution >= 0.6 is 7.82 Å². The number of carbonyl (C=O) groups excluding carboxylic acids is 1. The summed E-state index contributed by atoms with van der Waals surface area (Å²) in [5.74, 6) is -1.77. The maximum atomic E-state index is 12.7. The molecule has 0 aromatic carbocycles. The minimum atomic E-state index is -4.62. The summed E-state index contributed by atoms with van der Waals surface area (Å²) in [6.07, 6.45) is 50.8. The molecular formula is C49H94NO9P. The number of carbonyl (C=O) groups is 2. The molecule has 10 nitrogen and oxygen atoms in total. The number of esters is 1. The molecular weight excluding hydrogens is 778 g/mol. The van der Waals surface area contributed by atoms with Crippen LogP contribution in [0, 0.1) is 0 Å². The summed E-state index contributed by atoms with van der Waals surface area (Å²) in [4.78, 5) is 33.7. The first kappa shape index (κ1) is 58.5. The number of phosphoric acid groups is 1. The molecule has 0 bridgehead atoms. The minimum Gasteiger partial charge on any atom is -0.480 e. The third-order valence-electron chi connectivity index (χ3n) is 11.0. The van der Waals surface area contributed by atoms with Crippen LogP contribution in [-0.2, 0) is 32.7 Å². The highest BCUT2D eigenvalue weighted by atomic mass is 31.2. The van der Waals surface area contributed by atoms with E-state index >= 15 is 0 Å². The third-order valence-corrected chi connectivity index (χ3v) is 11.9. The van der Waals surface area contributed by atoms with Gasteiger partial charge < -0.3 is 25.2 Å². The lowest BCUT2D eigenvalue weighted by atomic mass is 10.0. The van der Waals surface area contributed by atoms with Gasteiger partial charge in [0.25, 0.3) is 0 Å². The second-order valence-corrected chi connectivity index (χ2v) is 18.4. The van der Waals surface area contributed by atoms with E-state index in [-0.39, 0.29) is 13.0 Å². The van der Waals surface area contributed by atoms with Gasteiger partial charge in [0.1, 0.15) is 12.1 Å². The molecule has 3 atom stereocenters. The molecule has 4 N–H and O–H groups in total. The maximum Gasteiger partial charge on any atom is 0.472 e. The summed E-state index contributed by atoms with van der Waals surface area (Å²) in [6, 6.07) is -1.47. The highest BCUT2D eigenvalue weighted by Crippen LogP contribution is 2.43. The van der Waals surface area contributed by atoms with Crippen LogP contribution in [0.2, 0.25) is 0 Å². The highest BCUT2D eigenvalue weighted by molar-refractivity contribution is 7.47. The minimum absolute atomic E-state index is 0.0193. The van der Waals surface area contributed by atoms with Crippen molar-refractivity contribution in [3.63, 3.8) is 0 Å². The summed E-state index contributed by atoms with van der Waals surface area (Å²) in [5, 5.41) is 8.92. The van der Waals surface area contributed by atoms with Crippen LogP contribution in [0.25, 0.3) is 0 Å². The van der Waals surface area contributed by atoms with E-state index in [0.717, 1.165) is 44.9 Å². The average molecular weight is 872 g/mol. The van der Waals surface area contributed by atoms with Crippen molar-refractivity contribution in [2.24, 2.45) is 5.73 Å². The van der Waals surface area contributed by atoms with E-state index in [1.165, 1.54) is 173 Å². The van der Waals surface area contributed by atoms with E-state index < -0.39 is 45.1 Å². The lowest BCUT2D eigenvalue weighted by Crippen LogP contribution is -2.34. The molecule has 0 amide bonds. The molecule has 0 aromatic heterocycles. The molecule has 354 valence electrons. The van der Waals surface area contributed by atoms with Crippen molar-refractivity contribution in [2.45, 2.75) is 251 Å². The van der Waals surface area contributed by atoms with Gasteiger partial charge in [0.15, 0.2) is 0 Å². The number of hydrogen-bond donors (Lipinski definition) is 3. The number of unbranched alkanes of at least 4 members (excludes halogenated alkanes) is 30. The molecule has 0 fully saturated rings. The van der Waals surface area contributed by atoms with Gasteiger partial charge in [-0.25, -0.2) is 4.57 Å². The van der Waals surface area contributed by atoms with Gasteiger partial charge in [-0.1, -0.05) is 212 Å². The Labute approximate surface area is 368 Å². The Kier molecular flexibility index (Phi) is 44.3. The zero-order chi connectivity index (χ0) is 44.0. The van der Waals surface area contributed by atoms with Gasteiger partial charge in [-0.2, -0.15) is 0 Å². The SMILES string of the molecule is CCCCC/C=C\C/C=C\CCCCCCCCCCCCOCC(COP(=O)(O)OCC(N)C(=O)O)OC(=O)CCCCCCCCCCCCCCCCCCCC. The van der Waals surface area contributed by atoms with Crippen LogP contribution < -0.4 is 5.73 Å². The number of carboxylic acids is 1. The normalized spacial score (nSPS) is 13.9. The Hall–Kier alpha value is -1.55. The summed E-state index contributed by atoms with van der Waals surface area (Å²) in [6.45, 7) is 3.90. The Balaban J connectivity index is 4.13. The van der Waals surface area contributed by atoms with Gasteiger partial charge in [-0.05, 0) is 44.9 Å². The monoisotopic (exact) mass is 872 g/mol. The summed E-state index contributed by atoms with van der Waals surface area (Å²) in [5.41, 5.74) is 5.37. The van der Waals surface area contributed by atoms with E-state index in [1.54, 1.807) is 0 Å². The van der Waals surface area contributed by atoms with E-state index in [1.807, 2.05) is 0 Å². The van der Waals surface area contributed by atoms with Gasteiger partial charge >= 0.3 is 19.8 Å².